The Bertz CT molecular complexity index is 742. The summed E-state index contributed by atoms with van der Waals surface area (Å²) >= 11 is 0. The molecule has 1 saturated heterocycles. The molecule has 0 unspecified atom stereocenters. The lowest BCUT2D eigenvalue weighted by molar-refractivity contribution is -0.159. The van der Waals surface area contributed by atoms with E-state index < -0.39 is 17.9 Å². The molecule has 0 N–H and O–H groups in total. The molecule has 9 heteroatoms. The smallest absolute Gasteiger partial charge is 0.338 e. The third-order valence-electron chi connectivity index (χ3n) is 3.51. The van der Waals surface area contributed by atoms with Crippen molar-refractivity contribution >= 4 is 5.91 Å². The van der Waals surface area contributed by atoms with Gasteiger partial charge in [0.1, 0.15) is 5.82 Å². The van der Waals surface area contributed by atoms with Gasteiger partial charge in [0.2, 0.25) is 11.7 Å². The number of hydrogen-bond acceptors (Lipinski definition) is 4. The molecule has 23 heavy (non-hydrogen) atoms. The van der Waals surface area contributed by atoms with Crippen molar-refractivity contribution in [3.63, 3.8) is 0 Å². The molecule has 0 bridgehead atoms. The molecular formula is C14H11F4N3O2. The van der Waals surface area contributed by atoms with E-state index in [1.54, 1.807) is 0 Å². The second-order valence-corrected chi connectivity index (χ2v) is 5.15. The average Bonchev–Trinajstić information content (AvgIpc) is 3.10. The van der Waals surface area contributed by atoms with E-state index in [0.717, 1.165) is 12.5 Å². The van der Waals surface area contributed by atoms with E-state index >= 15 is 0 Å². The summed E-state index contributed by atoms with van der Waals surface area (Å²) in [5.74, 6) is -2.51. The Morgan fingerprint density at radius 2 is 2.09 bits per heavy atom. The van der Waals surface area contributed by atoms with Crippen molar-refractivity contribution in [3.8, 4) is 11.4 Å². The van der Waals surface area contributed by atoms with Gasteiger partial charge in [0.15, 0.2) is 0 Å². The molecule has 1 aliphatic rings. The van der Waals surface area contributed by atoms with Crippen LogP contribution >= 0.6 is 0 Å². The fraction of sp³-hybridized carbons (Fsp3) is 0.357. The third kappa shape index (κ3) is 3.17. The van der Waals surface area contributed by atoms with E-state index in [0.29, 0.717) is 13.0 Å². The molecule has 0 saturated carbocycles. The van der Waals surface area contributed by atoms with Crippen LogP contribution in [0.25, 0.3) is 11.4 Å². The highest BCUT2D eigenvalue weighted by atomic mass is 19.4. The molecule has 1 aromatic heterocycles. The molecule has 1 fully saturated rings. The van der Waals surface area contributed by atoms with E-state index in [4.69, 9.17) is 0 Å². The Hall–Kier alpha value is -2.45. The lowest BCUT2D eigenvalue weighted by atomic mass is 10.1. The van der Waals surface area contributed by atoms with Crippen molar-refractivity contribution in [2.45, 2.75) is 25.6 Å². The zero-order valence-corrected chi connectivity index (χ0v) is 11.7. The average molecular weight is 329 g/mol. The predicted octanol–water partition coefficient (Wildman–Crippen LogP) is 3.02. The maximum Gasteiger partial charge on any atom is 0.471 e. The van der Waals surface area contributed by atoms with Gasteiger partial charge in [0, 0.05) is 30.6 Å². The van der Waals surface area contributed by atoms with Gasteiger partial charge < -0.3 is 9.42 Å². The highest BCUT2D eigenvalue weighted by Gasteiger charge is 2.38. The second-order valence-electron chi connectivity index (χ2n) is 5.15. The first kappa shape index (κ1) is 15.4. The molecule has 2 heterocycles. The summed E-state index contributed by atoms with van der Waals surface area (Å²) < 4.78 is 55.5. The number of amides is 1. The number of alkyl halides is 3. The van der Waals surface area contributed by atoms with Crippen LogP contribution < -0.4 is 0 Å². The molecule has 0 radical (unpaired) electrons. The Labute approximate surface area is 127 Å². The number of likely N-dealkylation sites (tertiary alicyclic amines) is 1. The second kappa shape index (κ2) is 5.64. The van der Waals surface area contributed by atoms with Gasteiger partial charge in [-0.25, -0.2) is 4.39 Å². The number of carbonyl (C=O) groups is 1. The number of nitrogens with zero attached hydrogens (tertiary/aromatic N) is 3. The maximum atomic E-state index is 14.1. The summed E-state index contributed by atoms with van der Waals surface area (Å²) in [7, 11) is 0. The van der Waals surface area contributed by atoms with Crippen molar-refractivity contribution < 1.29 is 26.9 Å². The minimum absolute atomic E-state index is 0.0403. The van der Waals surface area contributed by atoms with Gasteiger partial charge in [-0.2, -0.15) is 18.2 Å². The molecule has 0 aliphatic carbocycles. The summed E-state index contributed by atoms with van der Waals surface area (Å²) in [6.07, 6.45) is -3.57. The van der Waals surface area contributed by atoms with Gasteiger partial charge in [0.25, 0.3) is 0 Å². The summed E-state index contributed by atoms with van der Waals surface area (Å²) in [4.78, 5) is 16.3. The predicted molar refractivity (Wildman–Crippen MR) is 69.3 cm³/mol. The Balaban J connectivity index is 1.81. The maximum absolute atomic E-state index is 14.1. The van der Waals surface area contributed by atoms with Crippen LogP contribution in [0.1, 0.15) is 24.3 Å². The van der Waals surface area contributed by atoms with Crippen LogP contribution in [0.4, 0.5) is 17.6 Å². The number of halogens is 4. The highest BCUT2D eigenvalue weighted by molar-refractivity contribution is 5.78. The monoisotopic (exact) mass is 329 g/mol. The van der Waals surface area contributed by atoms with E-state index in [2.05, 4.69) is 14.7 Å². The normalized spacial score (nSPS) is 15.5. The van der Waals surface area contributed by atoms with Gasteiger partial charge in [-0.1, -0.05) is 17.3 Å². The van der Waals surface area contributed by atoms with Crippen LogP contribution in [0.3, 0.4) is 0 Å². The molecule has 5 nitrogen and oxygen atoms in total. The molecule has 3 rings (SSSR count). The Kier molecular flexibility index (Phi) is 3.78. The van der Waals surface area contributed by atoms with Crippen molar-refractivity contribution in [1.29, 1.82) is 0 Å². The summed E-state index contributed by atoms with van der Waals surface area (Å²) in [6, 6.07) is 3.82. The molecule has 1 aromatic carbocycles. The van der Waals surface area contributed by atoms with Crippen molar-refractivity contribution in [2.24, 2.45) is 0 Å². The quantitative estimate of drug-likeness (QED) is 0.812. The van der Waals surface area contributed by atoms with Crippen molar-refractivity contribution in [1.82, 2.24) is 15.0 Å². The van der Waals surface area contributed by atoms with Crippen molar-refractivity contribution in [2.75, 3.05) is 6.54 Å². The summed E-state index contributed by atoms with van der Waals surface area (Å²) in [5.41, 5.74) is 0.349. The van der Waals surface area contributed by atoms with E-state index in [1.807, 2.05) is 0 Å². The number of hydrogen-bond donors (Lipinski definition) is 0. The number of aromatic nitrogens is 2. The van der Waals surface area contributed by atoms with Gasteiger partial charge in [-0.05, 0) is 12.5 Å². The lowest BCUT2D eigenvalue weighted by Crippen LogP contribution is -2.24. The Morgan fingerprint density at radius 3 is 2.65 bits per heavy atom. The van der Waals surface area contributed by atoms with Gasteiger partial charge in [0.05, 0.1) is 0 Å². The van der Waals surface area contributed by atoms with Crippen LogP contribution in [0.5, 0.6) is 0 Å². The summed E-state index contributed by atoms with van der Waals surface area (Å²) in [6.45, 7) is 0.699. The molecule has 2 aromatic rings. The van der Waals surface area contributed by atoms with E-state index in [-0.39, 0.29) is 29.4 Å². The first-order chi connectivity index (χ1) is 10.8. The van der Waals surface area contributed by atoms with Crippen LogP contribution in [-0.4, -0.2) is 27.5 Å². The largest absolute Gasteiger partial charge is 0.471 e. The van der Waals surface area contributed by atoms with Crippen LogP contribution in [0.15, 0.2) is 22.7 Å². The molecule has 1 aliphatic heterocycles. The van der Waals surface area contributed by atoms with Gasteiger partial charge >= 0.3 is 12.1 Å². The van der Waals surface area contributed by atoms with Gasteiger partial charge in [-0.3, -0.25) is 4.79 Å². The SMILES string of the molecule is O=C1CCCN1Cc1ccc(-c2noc(C(F)(F)F)n2)cc1F. The topological polar surface area (TPSA) is 59.2 Å². The highest BCUT2D eigenvalue weighted by Crippen LogP contribution is 2.30. The molecule has 122 valence electrons. The lowest BCUT2D eigenvalue weighted by Gasteiger charge is -2.16. The third-order valence-corrected chi connectivity index (χ3v) is 3.51. The van der Waals surface area contributed by atoms with Crippen LogP contribution in [0, 0.1) is 5.82 Å². The zero-order chi connectivity index (χ0) is 16.6. The minimum Gasteiger partial charge on any atom is -0.338 e. The standard InChI is InChI=1S/C14H11F4N3O2/c15-10-6-8(12-19-13(23-20-12)14(16,17)18)3-4-9(10)7-21-5-1-2-11(21)22/h3-4,6H,1-2,5,7H2. The number of carbonyl (C=O) groups excluding carboxylic acids is 1. The van der Waals surface area contributed by atoms with Crippen molar-refractivity contribution in [3.05, 3.63) is 35.5 Å². The summed E-state index contributed by atoms with van der Waals surface area (Å²) in [5, 5.41) is 3.20. The minimum atomic E-state index is -4.75. The fourth-order valence-corrected chi connectivity index (χ4v) is 2.35. The molecular weight excluding hydrogens is 318 g/mol. The fourth-order valence-electron chi connectivity index (χ4n) is 2.35. The van der Waals surface area contributed by atoms with E-state index in [9.17, 15) is 22.4 Å². The number of benzene rings is 1. The Morgan fingerprint density at radius 1 is 1.30 bits per heavy atom. The molecule has 0 atom stereocenters. The van der Waals surface area contributed by atoms with Gasteiger partial charge in [-0.15, -0.1) is 0 Å². The zero-order valence-electron chi connectivity index (χ0n) is 11.7. The molecule has 0 spiro atoms. The molecule has 1 amide bonds. The van der Waals surface area contributed by atoms with E-state index in [1.165, 1.54) is 17.0 Å². The number of rotatable bonds is 3. The first-order valence-corrected chi connectivity index (χ1v) is 6.82. The van der Waals surface area contributed by atoms with Crippen LogP contribution in [0.2, 0.25) is 0 Å². The van der Waals surface area contributed by atoms with Crippen LogP contribution in [-0.2, 0) is 17.5 Å². The first-order valence-electron chi connectivity index (χ1n) is 6.82.